The molecule has 2 amide bonds. The van der Waals surface area contributed by atoms with Gasteiger partial charge in [-0.2, -0.15) is 0 Å². The number of thiocarbonyl (C=S) groups is 1. The van der Waals surface area contributed by atoms with Crippen LogP contribution in [-0.4, -0.2) is 31.1 Å². The van der Waals surface area contributed by atoms with Gasteiger partial charge in [-0.25, -0.2) is 0 Å². The summed E-state index contributed by atoms with van der Waals surface area (Å²) >= 11 is 5.35. The second kappa shape index (κ2) is 12.4. The lowest BCUT2D eigenvalue weighted by molar-refractivity contribution is -0.122. The number of anilines is 1. The molecule has 9 heteroatoms. The minimum atomic E-state index is -0.609. The minimum absolute atomic E-state index is 0.0203. The van der Waals surface area contributed by atoms with Crippen LogP contribution in [0.4, 0.5) is 5.69 Å². The van der Waals surface area contributed by atoms with E-state index < -0.39 is 11.8 Å². The molecule has 1 saturated heterocycles. The lowest BCUT2D eigenvalue weighted by atomic mass is 10.1. The summed E-state index contributed by atoms with van der Waals surface area (Å²) < 4.78 is 22.9. The SMILES string of the molecule is COc1cc(C=C2C(=O)NC(=S)N(c3ccc(Oc4ccccc4)cc3)C2=O)cc(OCc2ccccc2)c1OC. The molecule has 206 valence electrons. The predicted molar refractivity (Wildman–Crippen MR) is 159 cm³/mol. The molecule has 1 aliphatic rings. The van der Waals surface area contributed by atoms with Crippen LogP contribution in [0.5, 0.6) is 28.7 Å². The van der Waals surface area contributed by atoms with Gasteiger partial charge in [0.05, 0.1) is 19.9 Å². The topological polar surface area (TPSA) is 86.3 Å². The summed E-state index contributed by atoms with van der Waals surface area (Å²) in [7, 11) is 3.01. The van der Waals surface area contributed by atoms with Crippen molar-refractivity contribution in [1.82, 2.24) is 5.32 Å². The van der Waals surface area contributed by atoms with Crippen LogP contribution in [0.15, 0.2) is 103 Å². The second-order valence-electron chi connectivity index (χ2n) is 8.90. The molecular formula is C32H26N2O6S. The highest BCUT2D eigenvalue weighted by molar-refractivity contribution is 7.80. The van der Waals surface area contributed by atoms with Gasteiger partial charge in [0.25, 0.3) is 11.8 Å². The molecule has 8 nitrogen and oxygen atoms in total. The summed E-state index contributed by atoms with van der Waals surface area (Å²) in [6.07, 6.45) is 1.47. The van der Waals surface area contributed by atoms with Crippen molar-refractivity contribution in [2.45, 2.75) is 6.61 Å². The molecule has 0 atom stereocenters. The monoisotopic (exact) mass is 566 g/mol. The molecule has 41 heavy (non-hydrogen) atoms. The van der Waals surface area contributed by atoms with E-state index in [0.717, 1.165) is 5.56 Å². The van der Waals surface area contributed by atoms with Crippen molar-refractivity contribution < 1.29 is 28.5 Å². The molecule has 0 aliphatic carbocycles. The van der Waals surface area contributed by atoms with Crippen molar-refractivity contribution in [3.8, 4) is 28.7 Å². The molecule has 0 unspecified atom stereocenters. The van der Waals surface area contributed by atoms with Crippen molar-refractivity contribution in [3.05, 3.63) is 114 Å². The van der Waals surface area contributed by atoms with E-state index in [4.69, 9.17) is 31.2 Å². The maximum Gasteiger partial charge on any atom is 0.270 e. The third kappa shape index (κ3) is 6.21. The lowest BCUT2D eigenvalue weighted by Gasteiger charge is -2.29. The Morgan fingerprint density at radius 2 is 1.44 bits per heavy atom. The number of nitrogens with zero attached hydrogens (tertiary/aromatic N) is 1. The molecule has 1 N–H and O–H groups in total. The van der Waals surface area contributed by atoms with E-state index in [2.05, 4.69) is 5.32 Å². The summed E-state index contributed by atoms with van der Waals surface area (Å²) in [6.45, 7) is 0.284. The van der Waals surface area contributed by atoms with Crippen LogP contribution >= 0.6 is 12.2 Å². The van der Waals surface area contributed by atoms with Gasteiger partial charge in [0, 0.05) is 0 Å². The van der Waals surface area contributed by atoms with Crippen molar-refractivity contribution in [1.29, 1.82) is 0 Å². The first-order valence-corrected chi connectivity index (χ1v) is 13.0. The number of carbonyl (C=O) groups excluding carboxylic acids is 2. The van der Waals surface area contributed by atoms with Gasteiger partial charge in [0.15, 0.2) is 16.6 Å². The number of nitrogens with one attached hydrogen (secondary N) is 1. The molecule has 1 fully saturated rings. The van der Waals surface area contributed by atoms with Crippen molar-refractivity contribution in [2.24, 2.45) is 0 Å². The van der Waals surface area contributed by atoms with Crippen LogP contribution in [0, 0.1) is 0 Å². The van der Waals surface area contributed by atoms with Crippen LogP contribution < -0.4 is 29.2 Å². The Bertz CT molecular complexity index is 1610. The molecule has 1 heterocycles. The molecule has 5 rings (SSSR count). The van der Waals surface area contributed by atoms with Gasteiger partial charge in [-0.3, -0.25) is 19.8 Å². The third-order valence-corrected chi connectivity index (χ3v) is 6.48. The van der Waals surface area contributed by atoms with Gasteiger partial charge < -0.3 is 18.9 Å². The highest BCUT2D eigenvalue weighted by Gasteiger charge is 2.34. The molecule has 0 radical (unpaired) electrons. The molecule has 4 aromatic rings. The van der Waals surface area contributed by atoms with E-state index in [-0.39, 0.29) is 17.3 Å². The third-order valence-electron chi connectivity index (χ3n) is 6.19. The number of carbonyl (C=O) groups is 2. The van der Waals surface area contributed by atoms with Crippen LogP contribution in [0.3, 0.4) is 0 Å². The summed E-state index contributed by atoms with van der Waals surface area (Å²) in [4.78, 5) is 27.8. The Kier molecular flexibility index (Phi) is 8.26. The fourth-order valence-electron chi connectivity index (χ4n) is 4.22. The van der Waals surface area contributed by atoms with Gasteiger partial charge in [-0.15, -0.1) is 0 Å². The Labute approximate surface area is 242 Å². The van der Waals surface area contributed by atoms with Gasteiger partial charge >= 0.3 is 0 Å². The Morgan fingerprint density at radius 1 is 0.805 bits per heavy atom. The Morgan fingerprint density at radius 3 is 2.10 bits per heavy atom. The number of ether oxygens (including phenoxy) is 4. The minimum Gasteiger partial charge on any atom is -0.493 e. The van der Waals surface area contributed by atoms with E-state index in [9.17, 15) is 9.59 Å². The summed E-state index contributed by atoms with van der Waals surface area (Å²) in [6, 6.07) is 29.2. The highest BCUT2D eigenvalue weighted by atomic mass is 32.1. The average Bonchev–Trinajstić information content (AvgIpc) is 2.99. The number of hydrogen-bond donors (Lipinski definition) is 1. The Balaban J connectivity index is 1.43. The normalized spacial score (nSPS) is 14.0. The highest BCUT2D eigenvalue weighted by Crippen LogP contribution is 2.39. The van der Waals surface area contributed by atoms with E-state index in [1.165, 1.54) is 25.2 Å². The standard InChI is InChI=1S/C32H26N2O6S/c1-37-27-18-22(19-28(29(27)38-2)39-20-21-9-5-3-6-10-21)17-26-30(35)33-32(41)34(31(26)36)23-13-15-25(16-14-23)40-24-11-7-4-8-12-24/h3-19H,20H2,1-2H3,(H,33,35,41). The van der Waals surface area contributed by atoms with Gasteiger partial charge in [0.1, 0.15) is 23.7 Å². The summed E-state index contributed by atoms with van der Waals surface area (Å²) in [5, 5.41) is 2.59. The van der Waals surface area contributed by atoms with Crippen LogP contribution in [0.2, 0.25) is 0 Å². The first-order valence-electron chi connectivity index (χ1n) is 12.6. The lowest BCUT2D eigenvalue weighted by Crippen LogP contribution is -2.54. The average molecular weight is 567 g/mol. The van der Waals surface area contributed by atoms with E-state index in [1.54, 1.807) is 36.4 Å². The zero-order valence-corrected chi connectivity index (χ0v) is 23.1. The first-order chi connectivity index (χ1) is 20.0. The number of methoxy groups -OCH3 is 2. The fourth-order valence-corrected chi connectivity index (χ4v) is 4.50. The fraction of sp³-hybridized carbons (Fsp3) is 0.0938. The van der Waals surface area contributed by atoms with E-state index >= 15 is 0 Å². The Hall–Kier alpha value is -5.15. The smallest absolute Gasteiger partial charge is 0.270 e. The van der Waals surface area contributed by atoms with Crippen molar-refractivity contribution in [2.75, 3.05) is 19.1 Å². The maximum atomic E-state index is 13.6. The number of hydrogen-bond acceptors (Lipinski definition) is 7. The molecule has 0 aromatic heterocycles. The predicted octanol–water partition coefficient (Wildman–Crippen LogP) is 5.91. The molecular weight excluding hydrogens is 540 g/mol. The zero-order valence-electron chi connectivity index (χ0n) is 22.3. The summed E-state index contributed by atoms with van der Waals surface area (Å²) in [5.41, 5.74) is 1.84. The quantitative estimate of drug-likeness (QED) is 0.153. The van der Waals surface area contributed by atoms with E-state index in [1.807, 2.05) is 60.7 Å². The van der Waals surface area contributed by atoms with Crippen molar-refractivity contribution >= 4 is 40.9 Å². The second-order valence-corrected chi connectivity index (χ2v) is 9.28. The van der Waals surface area contributed by atoms with Crippen molar-refractivity contribution in [3.63, 3.8) is 0 Å². The molecule has 1 aliphatic heterocycles. The number of benzene rings is 4. The summed E-state index contributed by atoms with van der Waals surface area (Å²) in [5.74, 6) is 1.26. The van der Waals surface area contributed by atoms with Gasteiger partial charge in [-0.05, 0) is 78.0 Å². The number of rotatable bonds is 9. The van der Waals surface area contributed by atoms with Gasteiger partial charge in [-0.1, -0.05) is 48.5 Å². The molecule has 0 saturated carbocycles. The van der Waals surface area contributed by atoms with Crippen LogP contribution in [0.25, 0.3) is 6.08 Å². The molecule has 0 bridgehead atoms. The first kappa shape index (κ1) is 27.4. The van der Waals surface area contributed by atoms with Crippen LogP contribution in [0.1, 0.15) is 11.1 Å². The van der Waals surface area contributed by atoms with Crippen LogP contribution in [-0.2, 0) is 16.2 Å². The number of para-hydroxylation sites is 1. The largest absolute Gasteiger partial charge is 0.493 e. The van der Waals surface area contributed by atoms with Gasteiger partial charge in [0.2, 0.25) is 5.75 Å². The zero-order chi connectivity index (χ0) is 28.8. The molecule has 0 spiro atoms. The maximum absolute atomic E-state index is 13.6. The number of amides is 2. The molecule has 4 aromatic carbocycles. The van der Waals surface area contributed by atoms with E-state index in [0.29, 0.717) is 40.0 Å².